The highest BCUT2D eigenvalue weighted by molar-refractivity contribution is 5.29. The van der Waals surface area contributed by atoms with Crippen LogP contribution in [0.3, 0.4) is 0 Å². The van der Waals surface area contributed by atoms with Gasteiger partial charge in [0.1, 0.15) is 0 Å². The summed E-state index contributed by atoms with van der Waals surface area (Å²) in [6, 6.07) is 16.7. The van der Waals surface area contributed by atoms with Crippen molar-refractivity contribution < 1.29 is 5.11 Å². The second-order valence-corrected chi connectivity index (χ2v) is 5.95. The van der Waals surface area contributed by atoms with E-state index in [-0.39, 0.29) is 6.10 Å². The first-order valence-corrected chi connectivity index (χ1v) is 7.53. The Labute approximate surface area is 128 Å². The molecule has 0 heterocycles. The average Bonchev–Trinajstić information content (AvgIpc) is 2.45. The van der Waals surface area contributed by atoms with Crippen LogP contribution >= 0.6 is 0 Å². The van der Waals surface area contributed by atoms with Gasteiger partial charge >= 0.3 is 0 Å². The van der Waals surface area contributed by atoms with E-state index in [2.05, 4.69) is 68.3 Å². The van der Waals surface area contributed by atoms with Crippen LogP contribution in [0.25, 0.3) is 0 Å². The van der Waals surface area contributed by atoms with Crippen LogP contribution in [0.15, 0.2) is 48.5 Å². The van der Waals surface area contributed by atoms with Gasteiger partial charge in [-0.3, -0.25) is 0 Å². The van der Waals surface area contributed by atoms with Gasteiger partial charge < -0.3 is 10.0 Å². The fourth-order valence-electron chi connectivity index (χ4n) is 2.69. The lowest BCUT2D eigenvalue weighted by Crippen LogP contribution is -2.21. The van der Waals surface area contributed by atoms with E-state index in [1.54, 1.807) is 0 Å². The van der Waals surface area contributed by atoms with Crippen molar-refractivity contribution in [2.75, 3.05) is 13.6 Å². The molecular weight excluding hydrogens is 258 g/mol. The molecule has 0 radical (unpaired) electrons. The van der Waals surface area contributed by atoms with Gasteiger partial charge in [0.2, 0.25) is 0 Å². The van der Waals surface area contributed by atoms with Gasteiger partial charge in [0.05, 0.1) is 6.10 Å². The Morgan fingerprint density at radius 1 is 1.00 bits per heavy atom. The molecule has 0 amide bonds. The van der Waals surface area contributed by atoms with Gasteiger partial charge in [-0.2, -0.15) is 0 Å². The van der Waals surface area contributed by atoms with Crippen LogP contribution in [-0.2, 0) is 6.54 Å². The van der Waals surface area contributed by atoms with Gasteiger partial charge in [-0.05, 0) is 38.4 Å². The molecule has 2 rings (SSSR count). The lowest BCUT2D eigenvalue weighted by molar-refractivity contribution is 0.147. The molecule has 2 aromatic rings. The Kier molecular flexibility index (Phi) is 5.54. The number of rotatable bonds is 6. The highest BCUT2D eigenvalue weighted by atomic mass is 16.3. The molecule has 21 heavy (non-hydrogen) atoms. The van der Waals surface area contributed by atoms with E-state index in [0.717, 1.165) is 25.1 Å². The highest BCUT2D eigenvalue weighted by Gasteiger charge is 2.10. The smallest absolute Gasteiger partial charge is 0.0802 e. The number of aliphatic hydroxyl groups is 1. The number of hydrogen-bond acceptors (Lipinski definition) is 2. The highest BCUT2D eigenvalue weighted by Crippen LogP contribution is 2.20. The summed E-state index contributed by atoms with van der Waals surface area (Å²) in [4.78, 5) is 2.25. The maximum absolute atomic E-state index is 10.4. The van der Waals surface area contributed by atoms with Crippen molar-refractivity contribution in [3.05, 3.63) is 70.8 Å². The van der Waals surface area contributed by atoms with Gasteiger partial charge in [-0.1, -0.05) is 59.7 Å². The van der Waals surface area contributed by atoms with E-state index in [1.165, 1.54) is 16.7 Å². The van der Waals surface area contributed by atoms with Crippen molar-refractivity contribution in [3.8, 4) is 0 Å². The third-order valence-corrected chi connectivity index (χ3v) is 3.71. The Balaban J connectivity index is 1.87. The summed E-state index contributed by atoms with van der Waals surface area (Å²) in [6.45, 7) is 5.94. The van der Waals surface area contributed by atoms with Crippen LogP contribution < -0.4 is 0 Å². The average molecular weight is 283 g/mol. The molecule has 2 nitrogen and oxygen atoms in total. The molecule has 0 fully saturated rings. The van der Waals surface area contributed by atoms with Crippen LogP contribution in [0.4, 0.5) is 0 Å². The fraction of sp³-hybridized carbons (Fsp3) is 0.368. The van der Waals surface area contributed by atoms with E-state index >= 15 is 0 Å². The second-order valence-electron chi connectivity index (χ2n) is 5.95. The van der Waals surface area contributed by atoms with E-state index < -0.39 is 0 Å². The lowest BCUT2D eigenvalue weighted by Gasteiger charge is -2.19. The maximum Gasteiger partial charge on any atom is 0.0802 e. The van der Waals surface area contributed by atoms with Crippen LogP contribution in [0.1, 0.15) is 34.8 Å². The maximum atomic E-state index is 10.4. The molecule has 2 aromatic carbocycles. The second kappa shape index (κ2) is 7.39. The van der Waals surface area contributed by atoms with E-state index in [9.17, 15) is 5.11 Å². The first kappa shape index (κ1) is 15.7. The van der Waals surface area contributed by atoms with Crippen molar-refractivity contribution in [2.24, 2.45) is 0 Å². The molecular formula is C19H25NO. The summed E-state index contributed by atoms with van der Waals surface area (Å²) < 4.78 is 0. The minimum Gasteiger partial charge on any atom is -0.388 e. The lowest BCUT2D eigenvalue weighted by atomic mass is 10.0. The van der Waals surface area contributed by atoms with Crippen LogP contribution in [0.2, 0.25) is 0 Å². The number of aliphatic hydroxyl groups excluding tert-OH is 1. The molecule has 0 spiro atoms. The molecule has 1 atom stereocenters. The number of hydrogen-bond donors (Lipinski definition) is 1. The normalized spacial score (nSPS) is 12.6. The van der Waals surface area contributed by atoms with Crippen molar-refractivity contribution in [3.63, 3.8) is 0 Å². The Morgan fingerprint density at radius 3 is 2.24 bits per heavy atom. The predicted octanol–water partition coefficient (Wildman–Crippen LogP) is 3.86. The minimum absolute atomic E-state index is 0.387. The van der Waals surface area contributed by atoms with Crippen molar-refractivity contribution in [1.29, 1.82) is 0 Å². The molecule has 0 saturated heterocycles. The molecule has 0 aliphatic rings. The van der Waals surface area contributed by atoms with Crippen LogP contribution in [0, 0.1) is 13.8 Å². The quantitative estimate of drug-likeness (QED) is 0.870. The van der Waals surface area contributed by atoms with E-state index in [1.807, 2.05) is 6.07 Å². The zero-order chi connectivity index (χ0) is 15.2. The number of benzene rings is 2. The van der Waals surface area contributed by atoms with Crippen LogP contribution in [0.5, 0.6) is 0 Å². The van der Waals surface area contributed by atoms with Gasteiger partial charge in [0.25, 0.3) is 0 Å². The zero-order valence-corrected chi connectivity index (χ0v) is 13.2. The van der Waals surface area contributed by atoms with Gasteiger partial charge in [-0.15, -0.1) is 0 Å². The molecule has 1 N–H and O–H groups in total. The summed E-state index contributed by atoms with van der Waals surface area (Å²) in [5, 5.41) is 10.4. The van der Waals surface area contributed by atoms with Gasteiger partial charge in [0.15, 0.2) is 0 Å². The minimum atomic E-state index is -0.387. The topological polar surface area (TPSA) is 23.5 Å². The monoisotopic (exact) mass is 283 g/mol. The van der Waals surface area contributed by atoms with Gasteiger partial charge in [-0.25, -0.2) is 0 Å². The van der Waals surface area contributed by atoms with E-state index in [0.29, 0.717) is 0 Å². The van der Waals surface area contributed by atoms with E-state index in [4.69, 9.17) is 0 Å². The summed E-state index contributed by atoms with van der Waals surface area (Å²) in [5.74, 6) is 0. The fourth-order valence-corrected chi connectivity index (χ4v) is 2.69. The van der Waals surface area contributed by atoms with Crippen molar-refractivity contribution in [1.82, 2.24) is 4.90 Å². The SMILES string of the molecule is Cc1cc(C)cc(C(O)CCN(C)Cc2ccccc2)c1. The molecule has 0 aromatic heterocycles. The van der Waals surface area contributed by atoms with Crippen LogP contribution in [-0.4, -0.2) is 23.6 Å². The first-order chi connectivity index (χ1) is 10.0. The standard InChI is InChI=1S/C19H25NO/c1-15-11-16(2)13-18(12-15)19(21)9-10-20(3)14-17-7-5-4-6-8-17/h4-8,11-13,19,21H,9-10,14H2,1-3H3. The molecule has 112 valence electrons. The van der Waals surface area contributed by atoms with Gasteiger partial charge in [0, 0.05) is 13.1 Å². The zero-order valence-electron chi connectivity index (χ0n) is 13.2. The Hall–Kier alpha value is -1.64. The van der Waals surface area contributed by atoms with Crippen molar-refractivity contribution in [2.45, 2.75) is 32.9 Å². The third-order valence-electron chi connectivity index (χ3n) is 3.71. The summed E-state index contributed by atoms with van der Waals surface area (Å²) >= 11 is 0. The largest absolute Gasteiger partial charge is 0.388 e. The predicted molar refractivity (Wildman–Crippen MR) is 88.3 cm³/mol. The summed E-state index contributed by atoms with van der Waals surface area (Å²) in [7, 11) is 2.10. The molecule has 0 aliphatic heterocycles. The molecule has 1 unspecified atom stereocenters. The number of nitrogens with zero attached hydrogens (tertiary/aromatic N) is 1. The number of aryl methyl sites for hydroxylation is 2. The molecule has 0 bridgehead atoms. The Morgan fingerprint density at radius 2 is 1.62 bits per heavy atom. The third kappa shape index (κ3) is 5.00. The summed E-state index contributed by atoms with van der Waals surface area (Å²) in [6.07, 6.45) is 0.369. The molecule has 0 saturated carbocycles. The molecule has 2 heteroatoms. The van der Waals surface area contributed by atoms with Crippen molar-refractivity contribution >= 4 is 0 Å². The first-order valence-electron chi connectivity index (χ1n) is 7.53. The summed E-state index contributed by atoms with van der Waals surface area (Å²) in [5.41, 5.74) is 4.75. The molecule has 0 aliphatic carbocycles. The Bertz CT molecular complexity index is 545.